The number of benzene rings is 1. The van der Waals surface area contributed by atoms with Gasteiger partial charge in [-0.3, -0.25) is 9.78 Å². The fourth-order valence-electron chi connectivity index (χ4n) is 2.62. The van der Waals surface area contributed by atoms with Gasteiger partial charge in [-0.2, -0.15) is 0 Å². The standard InChI is InChI=1S/C20H18Cl2N6O4/c21-13-3-1-11(7-14(13)22)9-26-20-27-16(8-23)17(18(29)28-20)24-5-6-32-12-2-4-15(19(30)31)25-10-12/h1-4,7-8,10,23-24H,5-6,9H2,(H,30,31)(H2,26,27,28,29). The molecule has 1 aromatic carbocycles. The molecule has 3 aromatic rings. The summed E-state index contributed by atoms with van der Waals surface area (Å²) in [5.41, 5.74) is 0.573. The molecule has 32 heavy (non-hydrogen) atoms. The van der Waals surface area contributed by atoms with Crippen LogP contribution in [0.5, 0.6) is 5.75 Å². The van der Waals surface area contributed by atoms with Crippen LogP contribution in [0.15, 0.2) is 41.3 Å². The number of ether oxygens (including phenoxy) is 1. The lowest BCUT2D eigenvalue weighted by atomic mass is 10.2. The van der Waals surface area contributed by atoms with Crippen molar-refractivity contribution in [1.29, 1.82) is 5.41 Å². The van der Waals surface area contributed by atoms with Crippen LogP contribution in [-0.2, 0) is 6.54 Å². The molecular formula is C20H18Cl2N6O4. The van der Waals surface area contributed by atoms with Crippen LogP contribution in [0.1, 0.15) is 21.7 Å². The predicted octanol–water partition coefficient (Wildman–Crippen LogP) is 3.27. The van der Waals surface area contributed by atoms with Crippen LogP contribution >= 0.6 is 23.2 Å². The highest BCUT2D eigenvalue weighted by Gasteiger charge is 2.10. The molecule has 10 nitrogen and oxygen atoms in total. The molecule has 12 heteroatoms. The highest BCUT2D eigenvalue weighted by Crippen LogP contribution is 2.22. The second-order valence-electron chi connectivity index (χ2n) is 6.38. The molecule has 3 rings (SSSR count). The Kier molecular flexibility index (Phi) is 7.63. The van der Waals surface area contributed by atoms with Gasteiger partial charge in [0.05, 0.1) is 16.2 Å². The first-order chi connectivity index (χ1) is 15.4. The third-order valence-electron chi connectivity index (χ3n) is 4.16. The third-order valence-corrected chi connectivity index (χ3v) is 4.90. The molecule has 0 saturated carbocycles. The van der Waals surface area contributed by atoms with Gasteiger partial charge >= 0.3 is 5.97 Å². The molecule has 0 aliphatic rings. The first-order valence-electron chi connectivity index (χ1n) is 9.26. The summed E-state index contributed by atoms with van der Waals surface area (Å²) < 4.78 is 5.46. The van der Waals surface area contributed by atoms with Gasteiger partial charge < -0.3 is 25.9 Å². The molecule has 0 spiro atoms. The van der Waals surface area contributed by atoms with Crippen molar-refractivity contribution >= 4 is 47.0 Å². The minimum atomic E-state index is -1.13. The van der Waals surface area contributed by atoms with E-state index in [1.54, 1.807) is 18.2 Å². The highest BCUT2D eigenvalue weighted by molar-refractivity contribution is 6.42. The number of anilines is 2. The summed E-state index contributed by atoms with van der Waals surface area (Å²) in [4.78, 5) is 33.8. The number of carbonyl (C=O) groups is 1. The normalized spacial score (nSPS) is 10.4. The fraction of sp³-hybridized carbons (Fsp3) is 0.150. The van der Waals surface area contributed by atoms with Gasteiger partial charge in [0.25, 0.3) is 5.56 Å². The van der Waals surface area contributed by atoms with Gasteiger partial charge in [0.15, 0.2) is 0 Å². The number of hydrogen-bond donors (Lipinski definition) is 5. The van der Waals surface area contributed by atoms with Crippen molar-refractivity contribution in [3.8, 4) is 5.75 Å². The summed E-state index contributed by atoms with van der Waals surface area (Å²) in [6, 6.07) is 7.98. The fourth-order valence-corrected chi connectivity index (χ4v) is 2.94. The number of pyridine rings is 1. The van der Waals surface area contributed by atoms with E-state index < -0.39 is 11.5 Å². The van der Waals surface area contributed by atoms with E-state index in [-0.39, 0.29) is 36.2 Å². The number of hydrogen-bond acceptors (Lipinski definition) is 8. The number of carboxylic acids is 1. The molecule has 0 radical (unpaired) electrons. The Morgan fingerprint density at radius 1 is 1.22 bits per heavy atom. The Labute approximate surface area is 192 Å². The number of aromatic carboxylic acids is 1. The van der Waals surface area contributed by atoms with E-state index in [0.29, 0.717) is 22.3 Å². The monoisotopic (exact) mass is 476 g/mol. The molecule has 0 amide bonds. The quantitative estimate of drug-likeness (QED) is 0.220. The van der Waals surface area contributed by atoms with Crippen LogP contribution in [0.25, 0.3) is 0 Å². The number of halogens is 2. The van der Waals surface area contributed by atoms with Crippen LogP contribution in [-0.4, -0.2) is 45.4 Å². The van der Waals surface area contributed by atoms with Crippen molar-refractivity contribution < 1.29 is 14.6 Å². The van der Waals surface area contributed by atoms with Gasteiger partial charge in [0.1, 0.15) is 29.4 Å². The number of rotatable bonds is 10. The molecular weight excluding hydrogens is 459 g/mol. The molecule has 0 fully saturated rings. The van der Waals surface area contributed by atoms with Crippen molar-refractivity contribution in [2.45, 2.75) is 6.54 Å². The zero-order valence-corrected chi connectivity index (χ0v) is 18.0. The van der Waals surface area contributed by atoms with Gasteiger partial charge in [-0.1, -0.05) is 29.3 Å². The number of H-pyrrole nitrogens is 1. The summed E-state index contributed by atoms with van der Waals surface area (Å²) in [5, 5.41) is 23.1. The Morgan fingerprint density at radius 2 is 2.03 bits per heavy atom. The van der Waals surface area contributed by atoms with E-state index in [0.717, 1.165) is 11.8 Å². The van der Waals surface area contributed by atoms with Gasteiger partial charge in [-0.05, 0) is 29.8 Å². The van der Waals surface area contributed by atoms with Crippen LogP contribution in [0.2, 0.25) is 10.0 Å². The van der Waals surface area contributed by atoms with Crippen LogP contribution in [0.3, 0.4) is 0 Å². The number of aromatic amines is 1. The first-order valence-corrected chi connectivity index (χ1v) is 10.0. The maximum atomic E-state index is 12.4. The Hall–Kier alpha value is -3.63. The second-order valence-corrected chi connectivity index (χ2v) is 7.20. The molecule has 2 heterocycles. The minimum absolute atomic E-state index is 0.0865. The summed E-state index contributed by atoms with van der Waals surface area (Å²) in [6.07, 6.45) is 2.27. The lowest BCUT2D eigenvalue weighted by Crippen LogP contribution is -2.23. The number of nitrogens with zero attached hydrogens (tertiary/aromatic N) is 2. The maximum Gasteiger partial charge on any atom is 0.354 e. The molecule has 0 saturated heterocycles. The van der Waals surface area contributed by atoms with E-state index in [9.17, 15) is 9.59 Å². The summed E-state index contributed by atoms with van der Waals surface area (Å²) in [7, 11) is 0. The summed E-state index contributed by atoms with van der Waals surface area (Å²) in [6.45, 7) is 0.747. The van der Waals surface area contributed by atoms with Gasteiger partial charge in [0, 0.05) is 19.3 Å². The zero-order chi connectivity index (χ0) is 23.1. The second kappa shape index (κ2) is 10.6. The average molecular weight is 477 g/mol. The van der Waals surface area contributed by atoms with Crippen LogP contribution in [0.4, 0.5) is 11.6 Å². The van der Waals surface area contributed by atoms with Crippen molar-refractivity contribution in [2.75, 3.05) is 23.8 Å². The van der Waals surface area contributed by atoms with Crippen molar-refractivity contribution in [1.82, 2.24) is 15.0 Å². The summed E-state index contributed by atoms with van der Waals surface area (Å²) >= 11 is 11.9. The largest absolute Gasteiger partial charge is 0.490 e. The van der Waals surface area contributed by atoms with E-state index in [1.807, 2.05) is 0 Å². The molecule has 166 valence electrons. The summed E-state index contributed by atoms with van der Waals surface area (Å²) in [5.74, 6) is -0.539. The Bertz CT molecular complexity index is 1180. The number of carboxylic acid groups (broad SMARTS) is 1. The van der Waals surface area contributed by atoms with E-state index >= 15 is 0 Å². The van der Waals surface area contributed by atoms with Gasteiger partial charge in [-0.15, -0.1) is 0 Å². The molecule has 0 atom stereocenters. The zero-order valence-electron chi connectivity index (χ0n) is 16.5. The molecule has 2 aromatic heterocycles. The van der Waals surface area contributed by atoms with Gasteiger partial charge in [-0.25, -0.2) is 14.8 Å². The molecule has 0 bridgehead atoms. The lowest BCUT2D eigenvalue weighted by molar-refractivity contribution is 0.0690. The SMILES string of the molecule is N=Cc1nc(NCc2ccc(Cl)c(Cl)c2)[nH]c(=O)c1NCCOc1ccc(C(=O)O)nc1. The molecule has 0 aliphatic heterocycles. The van der Waals surface area contributed by atoms with E-state index in [2.05, 4.69) is 25.6 Å². The molecule has 0 aliphatic carbocycles. The smallest absolute Gasteiger partial charge is 0.354 e. The van der Waals surface area contributed by atoms with Gasteiger partial charge in [0.2, 0.25) is 5.95 Å². The minimum Gasteiger partial charge on any atom is -0.490 e. The lowest BCUT2D eigenvalue weighted by Gasteiger charge is -2.12. The van der Waals surface area contributed by atoms with E-state index in [1.165, 1.54) is 18.3 Å². The predicted molar refractivity (Wildman–Crippen MR) is 122 cm³/mol. The van der Waals surface area contributed by atoms with Crippen LogP contribution in [0, 0.1) is 5.41 Å². The first kappa shape index (κ1) is 23.0. The van der Waals surface area contributed by atoms with Crippen LogP contribution < -0.4 is 20.9 Å². The topological polar surface area (TPSA) is 153 Å². The average Bonchev–Trinajstić information content (AvgIpc) is 2.78. The Morgan fingerprint density at radius 3 is 2.69 bits per heavy atom. The number of aromatic nitrogens is 3. The third kappa shape index (κ3) is 5.96. The van der Waals surface area contributed by atoms with E-state index in [4.69, 9.17) is 38.5 Å². The maximum absolute atomic E-state index is 12.4. The van der Waals surface area contributed by atoms with Crippen molar-refractivity contribution in [3.63, 3.8) is 0 Å². The van der Waals surface area contributed by atoms with Crippen molar-refractivity contribution in [2.24, 2.45) is 0 Å². The molecule has 0 unspecified atom stereocenters. The highest BCUT2D eigenvalue weighted by atomic mass is 35.5. The Balaban J connectivity index is 1.58. The molecule has 5 N–H and O–H groups in total. The number of nitrogens with one attached hydrogen (secondary N) is 4. The van der Waals surface area contributed by atoms with Crippen molar-refractivity contribution in [3.05, 3.63) is 73.9 Å².